The van der Waals surface area contributed by atoms with Crippen molar-refractivity contribution in [1.82, 2.24) is 5.32 Å². The number of hydrogen-bond acceptors (Lipinski definition) is 5. The predicted octanol–water partition coefficient (Wildman–Crippen LogP) is -0.633. The number of aliphatic hydroxyl groups excluding tert-OH is 1. The summed E-state index contributed by atoms with van der Waals surface area (Å²) in [5.41, 5.74) is 0. The molecule has 0 aromatic carbocycles. The summed E-state index contributed by atoms with van der Waals surface area (Å²) in [5.74, 6) is 0.363. The van der Waals surface area contributed by atoms with E-state index in [4.69, 9.17) is 5.26 Å². The van der Waals surface area contributed by atoms with Crippen LogP contribution in [0.1, 0.15) is 0 Å². The molecule has 0 aliphatic rings. The lowest BCUT2D eigenvalue weighted by atomic mass is 10.4. The first kappa shape index (κ1) is 13.2. The van der Waals surface area contributed by atoms with Crippen molar-refractivity contribution in [2.75, 3.05) is 31.8 Å². The second-order valence-electron chi connectivity index (χ2n) is 2.56. The smallest absolute Gasteiger partial charge is 0.230 e. The molecular formula is C8H14N2O3S. The van der Waals surface area contributed by atoms with Crippen LogP contribution in [0.4, 0.5) is 0 Å². The van der Waals surface area contributed by atoms with E-state index < -0.39 is 6.10 Å². The minimum atomic E-state index is -0.676. The van der Waals surface area contributed by atoms with Gasteiger partial charge >= 0.3 is 0 Å². The van der Waals surface area contributed by atoms with Gasteiger partial charge in [0.05, 0.1) is 30.3 Å². The van der Waals surface area contributed by atoms with Gasteiger partial charge in [0.25, 0.3) is 0 Å². The molecule has 6 heteroatoms. The number of carbonyl (C=O) groups excluding carboxylic acids is 1. The van der Waals surface area contributed by atoms with Gasteiger partial charge in [-0.05, 0) is 0 Å². The fraction of sp³-hybridized carbons (Fsp3) is 0.750. The van der Waals surface area contributed by atoms with E-state index in [2.05, 4.69) is 10.1 Å². The fourth-order valence-corrected chi connectivity index (χ4v) is 1.20. The number of carbonyl (C=O) groups is 1. The first-order valence-corrected chi connectivity index (χ1v) is 5.24. The number of amides is 1. The van der Waals surface area contributed by atoms with Gasteiger partial charge in [-0.1, -0.05) is 0 Å². The van der Waals surface area contributed by atoms with Crippen molar-refractivity contribution in [3.8, 4) is 6.07 Å². The number of aliphatic hydroxyl groups is 1. The average molecular weight is 218 g/mol. The van der Waals surface area contributed by atoms with Crippen molar-refractivity contribution in [1.29, 1.82) is 5.26 Å². The number of rotatable bonds is 7. The normalized spacial score (nSPS) is 11.8. The van der Waals surface area contributed by atoms with Crippen LogP contribution in [0.3, 0.4) is 0 Å². The van der Waals surface area contributed by atoms with E-state index in [1.807, 2.05) is 6.07 Å². The second kappa shape index (κ2) is 8.81. The monoisotopic (exact) mass is 218 g/mol. The Labute approximate surface area is 87.4 Å². The van der Waals surface area contributed by atoms with Gasteiger partial charge in [-0.2, -0.15) is 5.26 Å². The number of nitriles is 1. The molecule has 0 rings (SSSR count). The Morgan fingerprint density at radius 2 is 2.50 bits per heavy atom. The van der Waals surface area contributed by atoms with Crippen molar-refractivity contribution in [3.63, 3.8) is 0 Å². The largest absolute Gasteiger partial charge is 0.389 e. The third-order valence-corrected chi connectivity index (χ3v) is 2.09. The summed E-state index contributed by atoms with van der Waals surface area (Å²) in [6, 6.07) is 1.92. The van der Waals surface area contributed by atoms with E-state index in [1.54, 1.807) is 0 Å². The van der Waals surface area contributed by atoms with E-state index in [9.17, 15) is 9.90 Å². The van der Waals surface area contributed by atoms with Crippen LogP contribution < -0.4 is 5.32 Å². The van der Waals surface area contributed by atoms with Crippen LogP contribution in [0.25, 0.3) is 0 Å². The molecular weight excluding hydrogens is 204 g/mol. The maximum absolute atomic E-state index is 11.0. The van der Waals surface area contributed by atoms with Crippen molar-refractivity contribution >= 4 is 17.7 Å². The molecule has 0 aliphatic carbocycles. The van der Waals surface area contributed by atoms with Crippen LogP contribution in [0.15, 0.2) is 0 Å². The zero-order chi connectivity index (χ0) is 10.8. The van der Waals surface area contributed by atoms with Crippen molar-refractivity contribution in [2.24, 2.45) is 0 Å². The summed E-state index contributed by atoms with van der Waals surface area (Å²) in [5, 5.41) is 19.9. The van der Waals surface area contributed by atoms with Crippen LogP contribution >= 0.6 is 11.8 Å². The molecule has 0 bridgehead atoms. The maximum atomic E-state index is 11.0. The zero-order valence-electron chi connectivity index (χ0n) is 8.02. The highest BCUT2D eigenvalue weighted by Gasteiger charge is 2.06. The Kier molecular flexibility index (Phi) is 8.33. The average Bonchev–Trinajstić information content (AvgIpc) is 2.16. The van der Waals surface area contributed by atoms with Crippen LogP contribution in [-0.4, -0.2) is 48.9 Å². The van der Waals surface area contributed by atoms with Crippen molar-refractivity contribution < 1.29 is 14.6 Å². The summed E-state index contributed by atoms with van der Waals surface area (Å²) < 4.78 is 4.68. The van der Waals surface area contributed by atoms with Crippen LogP contribution in [-0.2, 0) is 9.53 Å². The molecule has 1 atom stereocenters. The number of thioether (sulfide) groups is 1. The van der Waals surface area contributed by atoms with Gasteiger partial charge in [0.2, 0.25) is 5.91 Å². The summed E-state index contributed by atoms with van der Waals surface area (Å²) in [7, 11) is 1.48. The summed E-state index contributed by atoms with van der Waals surface area (Å²) in [6.07, 6.45) is -0.676. The molecule has 0 aromatic heterocycles. The van der Waals surface area contributed by atoms with E-state index in [0.29, 0.717) is 5.75 Å². The lowest BCUT2D eigenvalue weighted by Crippen LogP contribution is -2.35. The molecule has 2 N–H and O–H groups in total. The highest BCUT2D eigenvalue weighted by atomic mass is 32.2. The van der Waals surface area contributed by atoms with Gasteiger partial charge in [0.15, 0.2) is 0 Å². The van der Waals surface area contributed by atoms with Crippen LogP contribution in [0.2, 0.25) is 0 Å². The number of nitrogens with one attached hydrogen (secondary N) is 1. The van der Waals surface area contributed by atoms with Gasteiger partial charge in [-0.25, -0.2) is 0 Å². The number of ether oxygens (including phenoxy) is 1. The third-order valence-electron chi connectivity index (χ3n) is 1.29. The molecule has 14 heavy (non-hydrogen) atoms. The molecule has 0 fully saturated rings. The van der Waals surface area contributed by atoms with Gasteiger partial charge in [0.1, 0.15) is 0 Å². The Bertz CT molecular complexity index is 205. The fourth-order valence-electron chi connectivity index (χ4n) is 0.723. The Morgan fingerprint density at radius 3 is 3.07 bits per heavy atom. The standard InChI is InChI=1S/C8H14N2O3S/c1-13-5-7(11)4-10-8(12)6-14-3-2-9/h7,11H,3-6H2,1H3,(H,10,12). The van der Waals surface area contributed by atoms with E-state index in [0.717, 1.165) is 0 Å². The quantitative estimate of drug-likeness (QED) is 0.556. The minimum Gasteiger partial charge on any atom is -0.389 e. The van der Waals surface area contributed by atoms with E-state index in [-0.39, 0.29) is 24.8 Å². The molecule has 0 heterocycles. The zero-order valence-corrected chi connectivity index (χ0v) is 8.84. The summed E-state index contributed by atoms with van der Waals surface area (Å²) in [4.78, 5) is 11.0. The summed E-state index contributed by atoms with van der Waals surface area (Å²) >= 11 is 1.24. The molecule has 0 aromatic rings. The summed E-state index contributed by atoms with van der Waals surface area (Å²) in [6.45, 7) is 0.380. The number of methoxy groups -OCH3 is 1. The van der Waals surface area contributed by atoms with Crippen LogP contribution in [0, 0.1) is 11.3 Å². The molecule has 0 radical (unpaired) electrons. The number of hydrogen-bond donors (Lipinski definition) is 2. The van der Waals surface area contributed by atoms with E-state index >= 15 is 0 Å². The van der Waals surface area contributed by atoms with E-state index in [1.165, 1.54) is 18.9 Å². The first-order chi connectivity index (χ1) is 6.70. The van der Waals surface area contributed by atoms with Gasteiger partial charge in [-0.3, -0.25) is 4.79 Å². The van der Waals surface area contributed by atoms with Gasteiger partial charge < -0.3 is 15.2 Å². The van der Waals surface area contributed by atoms with Gasteiger partial charge in [0, 0.05) is 13.7 Å². The molecule has 1 amide bonds. The minimum absolute atomic E-state index is 0.180. The predicted molar refractivity (Wildman–Crippen MR) is 53.8 cm³/mol. The molecule has 5 nitrogen and oxygen atoms in total. The highest BCUT2D eigenvalue weighted by Crippen LogP contribution is 1.96. The van der Waals surface area contributed by atoms with Crippen molar-refractivity contribution in [2.45, 2.75) is 6.10 Å². The Balaban J connectivity index is 3.39. The lowest BCUT2D eigenvalue weighted by Gasteiger charge is -2.09. The highest BCUT2D eigenvalue weighted by molar-refractivity contribution is 8.00. The van der Waals surface area contributed by atoms with Crippen LogP contribution in [0.5, 0.6) is 0 Å². The molecule has 0 saturated heterocycles. The topological polar surface area (TPSA) is 82.3 Å². The Hall–Kier alpha value is -0.770. The Morgan fingerprint density at radius 1 is 1.79 bits per heavy atom. The molecule has 80 valence electrons. The lowest BCUT2D eigenvalue weighted by molar-refractivity contribution is -0.119. The SMILES string of the molecule is COCC(O)CNC(=O)CSCC#N. The first-order valence-electron chi connectivity index (χ1n) is 4.09. The molecule has 0 aliphatic heterocycles. The second-order valence-corrected chi connectivity index (χ2v) is 3.55. The molecule has 0 spiro atoms. The number of nitrogens with zero attached hydrogens (tertiary/aromatic N) is 1. The molecule has 0 saturated carbocycles. The maximum Gasteiger partial charge on any atom is 0.230 e. The van der Waals surface area contributed by atoms with Crippen molar-refractivity contribution in [3.05, 3.63) is 0 Å². The van der Waals surface area contributed by atoms with Gasteiger partial charge in [-0.15, -0.1) is 11.8 Å². The molecule has 1 unspecified atom stereocenters. The third kappa shape index (κ3) is 7.86.